The maximum absolute atomic E-state index is 17.2. The van der Waals surface area contributed by atoms with E-state index in [2.05, 4.69) is 23.4 Å². The van der Waals surface area contributed by atoms with Crippen LogP contribution in [0.3, 0.4) is 0 Å². The molecule has 4 aliphatic heterocycles. The maximum Gasteiger partial charge on any atom is 0.351 e. The molecule has 15 heteroatoms. The Morgan fingerprint density at radius 1 is 1.10 bits per heavy atom. The van der Waals surface area contributed by atoms with Crippen LogP contribution in [0.2, 0.25) is 0 Å². The van der Waals surface area contributed by atoms with Gasteiger partial charge in [0.2, 0.25) is 0 Å². The average Bonchev–Trinajstić information content (AvgIpc) is 3.91. The Bertz CT molecular complexity index is 2070. The minimum absolute atomic E-state index is 0.0707. The smallest absolute Gasteiger partial charge is 0.351 e. The van der Waals surface area contributed by atoms with E-state index in [1.54, 1.807) is 46.9 Å². The van der Waals surface area contributed by atoms with E-state index in [0.717, 1.165) is 22.4 Å². The summed E-state index contributed by atoms with van der Waals surface area (Å²) in [4.78, 5) is 67.6. The molecule has 338 valence electrons. The minimum atomic E-state index is -3.22. The van der Waals surface area contributed by atoms with Gasteiger partial charge < -0.3 is 33.7 Å². The molecular formula is C47H62FN3O10S. The SMILES string of the molecule is C=CCN1CC2(C)C(=O)[C@H](C)C[C@](C)(OCC#Cc3ccc(-c4ccccn4)s3)[C@H](O[C@@H]3O[C@H](C)C[C@H](N(C)C)[C@H]3O)[C@@H](C)C(=O)[C@](C)(F)C(=O)O[C@@H](CC)[C@@]3(C)OC(=O)C1C23. The van der Waals surface area contributed by atoms with Crippen molar-refractivity contribution in [3.05, 3.63) is 54.1 Å². The molecule has 0 aromatic carbocycles. The molecule has 62 heavy (non-hydrogen) atoms. The lowest BCUT2D eigenvalue weighted by molar-refractivity contribution is -0.296. The Morgan fingerprint density at radius 2 is 1.82 bits per heavy atom. The van der Waals surface area contributed by atoms with Crippen molar-refractivity contribution >= 4 is 34.8 Å². The molecule has 0 spiro atoms. The monoisotopic (exact) mass is 879 g/mol. The highest BCUT2D eigenvalue weighted by Gasteiger charge is 2.71. The minimum Gasteiger partial charge on any atom is -0.455 e. The number of carbonyl (C=O) groups excluding carboxylic acids is 4. The predicted molar refractivity (Wildman–Crippen MR) is 230 cm³/mol. The number of likely N-dealkylation sites (N-methyl/N-ethyl adjacent to an activating group) is 1. The summed E-state index contributed by atoms with van der Waals surface area (Å²) in [6.45, 7) is 16.8. The fourth-order valence-electron chi connectivity index (χ4n) is 10.6. The van der Waals surface area contributed by atoms with Crippen LogP contribution in [0.5, 0.6) is 0 Å². The lowest BCUT2D eigenvalue weighted by Gasteiger charge is -2.48. The number of aromatic nitrogens is 1. The third-order valence-electron chi connectivity index (χ3n) is 13.5. The standard InChI is InChI=1S/C47H62FN3O10S/c1-12-22-51-26-44(6)37-35(51)41(55)61-47(37,9)34(13-2)59-43(56)46(8,48)39(54)29(5)40(60-42-36(52)32(50(10)11)24-28(4)58-42)45(7,25-27(3)38(44)53)57-23-16-17-30-19-20-33(62-30)31-18-14-15-21-49-31/h12,14-15,18-21,27-29,32,34-37,40,42,52H,1,13,22-26H2,2-11H3/t27-,28-,29+,32+,34+,35?,36-,37?,40-,42+,44?,45+,46+,47-/m1/s1. The summed E-state index contributed by atoms with van der Waals surface area (Å²) < 4.78 is 48.8. The zero-order valence-electron chi connectivity index (χ0n) is 37.5. The number of Topliss-reactive ketones (excluding diaryl/α,β-unsaturated/α-hetero) is 2. The van der Waals surface area contributed by atoms with E-state index in [-0.39, 0.29) is 44.4 Å². The second kappa shape index (κ2) is 18.3. The topological polar surface area (TPSA) is 154 Å². The third-order valence-corrected chi connectivity index (χ3v) is 14.6. The predicted octanol–water partition coefficient (Wildman–Crippen LogP) is 5.42. The number of likely N-dealkylation sites (tertiary alicyclic amines) is 1. The van der Waals surface area contributed by atoms with Crippen LogP contribution < -0.4 is 0 Å². The number of hydrogen-bond donors (Lipinski definition) is 1. The van der Waals surface area contributed by atoms with Crippen molar-refractivity contribution in [3.63, 3.8) is 0 Å². The van der Waals surface area contributed by atoms with Crippen molar-refractivity contribution in [2.24, 2.45) is 23.2 Å². The van der Waals surface area contributed by atoms with Gasteiger partial charge in [0.15, 0.2) is 17.7 Å². The van der Waals surface area contributed by atoms with E-state index in [1.165, 1.54) is 18.3 Å². The normalized spacial score (nSPS) is 39.4. The van der Waals surface area contributed by atoms with Crippen molar-refractivity contribution in [2.45, 2.75) is 134 Å². The van der Waals surface area contributed by atoms with Crippen LogP contribution >= 0.6 is 11.3 Å². The highest BCUT2D eigenvalue weighted by atomic mass is 32.1. The molecule has 13 nitrogen and oxygen atoms in total. The summed E-state index contributed by atoms with van der Waals surface area (Å²) in [5.41, 5.74) is -6.84. The third kappa shape index (κ3) is 8.81. The largest absolute Gasteiger partial charge is 0.455 e. The molecule has 0 aliphatic carbocycles. The Balaban J connectivity index is 1.46. The van der Waals surface area contributed by atoms with Gasteiger partial charge in [-0.1, -0.05) is 51.7 Å². The van der Waals surface area contributed by atoms with Crippen molar-refractivity contribution < 1.29 is 52.4 Å². The summed E-state index contributed by atoms with van der Waals surface area (Å²) in [5.74, 6) is -0.322. The van der Waals surface area contributed by atoms with Gasteiger partial charge in [-0.05, 0) is 85.3 Å². The number of esters is 2. The van der Waals surface area contributed by atoms with E-state index in [1.807, 2.05) is 61.2 Å². The number of alkyl halides is 1. The van der Waals surface area contributed by atoms with Crippen LogP contribution in [0, 0.1) is 35.0 Å². The zero-order chi connectivity index (χ0) is 45.5. The van der Waals surface area contributed by atoms with Gasteiger partial charge in [-0.2, -0.15) is 0 Å². The molecule has 0 radical (unpaired) electrons. The molecule has 3 unspecified atom stereocenters. The van der Waals surface area contributed by atoms with Gasteiger partial charge >= 0.3 is 11.9 Å². The Labute approximate surface area is 368 Å². The van der Waals surface area contributed by atoms with Crippen molar-refractivity contribution in [2.75, 3.05) is 33.8 Å². The number of hydrogen-bond acceptors (Lipinski definition) is 14. The summed E-state index contributed by atoms with van der Waals surface area (Å²) >= 11 is 1.45. The highest BCUT2D eigenvalue weighted by molar-refractivity contribution is 7.16. The first-order chi connectivity index (χ1) is 29.1. The summed E-state index contributed by atoms with van der Waals surface area (Å²) in [6, 6.07) is 8.17. The van der Waals surface area contributed by atoms with Gasteiger partial charge in [0.25, 0.3) is 5.67 Å². The van der Waals surface area contributed by atoms with Crippen molar-refractivity contribution in [1.82, 2.24) is 14.8 Å². The molecule has 1 N–H and O–H groups in total. The first-order valence-electron chi connectivity index (χ1n) is 21.5. The molecule has 4 saturated heterocycles. The summed E-state index contributed by atoms with van der Waals surface area (Å²) in [7, 11) is 3.65. The van der Waals surface area contributed by atoms with E-state index in [9.17, 15) is 19.5 Å². The maximum atomic E-state index is 17.2. The molecule has 4 aliphatic rings. The molecule has 4 fully saturated rings. The molecule has 0 amide bonds. The van der Waals surface area contributed by atoms with Crippen molar-refractivity contribution in [3.8, 4) is 22.4 Å². The second-order valence-electron chi connectivity index (χ2n) is 18.5. The fourth-order valence-corrected chi connectivity index (χ4v) is 11.4. The van der Waals surface area contributed by atoms with Gasteiger partial charge in [0.05, 0.1) is 33.3 Å². The second-order valence-corrected chi connectivity index (χ2v) is 19.6. The van der Waals surface area contributed by atoms with Gasteiger partial charge in [-0.25, -0.2) is 9.18 Å². The van der Waals surface area contributed by atoms with Crippen molar-refractivity contribution in [1.29, 1.82) is 0 Å². The van der Waals surface area contributed by atoms with Crippen LogP contribution in [-0.2, 0) is 42.9 Å². The zero-order valence-corrected chi connectivity index (χ0v) is 38.3. The molecule has 2 aromatic rings. The highest BCUT2D eigenvalue weighted by Crippen LogP contribution is 2.56. The van der Waals surface area contributed by atoms with Crippen LogP contribution in [0.4, 0.5) is 4.39 Å². The number of carbonyl (C=O) groups is 4. The van der Waals surface area contributed by atoms with Crippen LogP contribution in [0.15, 0.2) is 49.2 Å². The molecule has 0 bridgehead atoms. The first kappa shape index (κ1) is 47.6. The number of pyridine rings is 1. The first-order valence-corrected chi connectivity index (χ1v) is 22.3. The lowest BCUT2D eigenvalue weighted by Crippen LogP contribution is -2.61. The number of aliphatic hydroxyl groups is 1. The summed E-state index contributed by atoms with van der Waals surface area (Å²) in [5, 5.41) is 11.7. The van der Waals surface area contributed by atoms with Gasteiger partial charge in [0.1, 0.15) is 30.6 Å². The van der Waals surface area contributed by atoms with Gasteiger partial charge in [0, 0.05) is 48.5 Å². The summed E-state index contributed by atoms with van der Waals surface area (Å²) in [6.07, 6.45) is -1.65. The number of nitrogens with zero attached hydrogens (tertiary/aromatic N) is 3. The quantitative estimate of drug-likeness (QED) is 0.148. The van der Waals surface area contributed by atoms with Gasteiger partial charge in [-0.3, -0.25) is 24.3 Å². The number of ether oxygens (including phenoxy) is 5. The molecule has 14 atom stereocenters. The number of cyclic esters (lactones) is 1. The molecule has 0 saturated carbocycles. The number of ketones is 2. The van der Waals surface area contributed by atoms with E-state index >= 15 is 9.18 Å². The Morgan fingerprint density at radius 3 is 2.47 bits per heavy atom. The lowest BCUT2D eigenvalue weighted by atomic mass is 9.62. The fraction of sp³-hybridized carbons (Fsp3) is 0.638. The van der Waals surface area contributed by atoms with E-state index in [0.29, 0.717) is 6.42 Å². The number of aliphatic hydroxyl groups excluding tert-OH is 1. The van der Waals surface area contributed by atoms with Crippen LogP contribution in [0.25, 0.3) is 10.6 Å². The number of rotatable bonds is 9. The molecule has 6 heterocycles. The molecular weight excluding hydrogens is 818 g/mol. The van der Waals surface area contributed by atoms with E-state index < -0.39 is 94.4 Å². The Hall–Kier alpha value is -3.88. The number of thiophene rings is 1. The van der Waals surface area contributed by atoms with E-state index in [4.69, 9.17) is 23.7 Å². The Kier molecular flexibility index (Phi) is 14.1. The van der Waals surface area contributed by atoms with Crippen LogP contribution in [0.1, 0.15) is 79.5 Å². The van der Waals surface area contributed by atoms with Crippen LogP contribution in [-0.4, -0.2) is 137 Å². The number of halogens is 1. The van der Waals surface area contributed by atoms with Gasteiger partial charge in [-0.15, -0.1) is 17.9 Å². The molecule has 2 aromatic heterocycles. The average molecular weight is 880 g/mol. The molecule has 6 rings (SSSR count).